The van der Waals surface area contributed by atoms with E-state index >= 15 is 0 Å². The standard InChI is InChI=1S/C12H14Cl3NO/c1-12(2,3)16-11(17)10(15)9-7(13)5-4-6-8(9)14/h4-6,10H,1-3H3,(H,16,17). The highest BCUT2D eigenvalue weighted by atomic mass is 35.5. The Morgan fingerprint density at radius 2 is 1.71 bits per heavy atom. The van der Waals surface area contributed by atoms with E-state index in [0.717, 1.165) is 0 Å². The second kappa shape index (κ2) is 5.47. The van der Waals surface area contributed by atoms with Crippen molar-refractivity contribution >= 4 is 40.7 Å². The van der Waals surface area contributed by atoms with Crippen LogP contribution in [0, 0.1) is 0 Å². The van der Waals surface area contributed by atoms with Crippen LogP contribution in [0.3, 0.4) is 0 Å². The summed E-state index contributed by atoms with van der Waals surface area (Å²) in [6, 6.07) is 5.02. The minimum Gasteiger partial charge on any atom is -0.350 e. The molecule has 0 bridgehead atoms. The molecule has 0 aliphatic carbocycles. The first-order valence-corrected chi connectivity index (χ1v) is 6.31. The number of nitrogens with one attached hydrogen (secondary N) is 1. The van der Waals surface area contributed by atoms with Gasteiger partial charge in [-0.3, -0.25) is 4.79 Å². The summed E-state index contributed by atoms with van der Waals surface area (Å²) in [6.07, 6.45) is 0. The van der Waals surface area contributed by atoms with Crippen molar-refractivity contribution in [3.8, 4) is 0 Å². The summed E-state index contributed by atoms with van der Waals surface area (Å²) in [7, 11) is 0. The highest BCUT2D eigenvalue weighted by Crippen LogP contribution is 2.34. The van der Waals surface area contributed by atoms with E-state index < -0.39 is 5.38 Å². The van der Waals surface area contributed by atoms with Gasteiger partial charge in [-0.1, -0.05) is 29.3 Å². The van der Waals surface area contributed by atoms with E-state index in [9.17, 15) is 4.79 Å². The van der Waals surface area contributed by atoms with Crippen molar-refractivity contribution in [1.29, 1.82) is 0 Å². The number of carbonyl (C=O) groups is 1. The smallest absolute Gasteiger partial charge is 0.243 e. The molecule has 0 aliphatic rings. The summed E-state index contributed by atoms with van der Waals surface area (Å²) in [5.74, 6) is -0.311. The summed E-state index contributed by atoms with van der Waals surface area (Å²) in [5.41, 5.74) is 0.0945. The summed E-state index contributed by atoms with van der Waals surface area (Å²) >= 11 is 18.1. The maximum absolute atomic E-state index is 11.9. The fraction of sp³-hybridized carbons (Fsp3) is 0.417. The number of halogens is 3. The van der Waals surface area contributed by atoms with Crippen LogP contribution in [-0.4, -0.2) is 11.4 Å². The van der Waals surface area contributed by atoms with E-state index in [1.165, 1.54) is 0 Å². The molecule has 0 saturated carbocycles. The third-order valence-electron chi connectivity index (χ3n) is 1.98. The Morgan fingerprint density at radius 1 is 1.24 bits per heavy atom. The van der Waals surface area contributed by atoms with Gasteiger partial charge in [0.2, 0.25) is 5.91 Å². The molecule has 1 rings (SSSR count). The van der Waals surface area contributed by atoms with Gasteiger partial charge in [-0.25, -0.2) is 0 Å². The van der Waals surface area contributed by atoms with Gasteiger partial charge < -0.3 is 5.32 Å². The van der Waals surface area contributed by atoms with Crippen LogP contribution in [0.2, 0.25) is 10.0 Å². The van der Waals surface area contributed by atoms with Crippen LogP contribution in [-0.2, 0) is 4.79 Å². The Morgan fingerprint density at radius 3 is 2.12 bits per heavy atom. The lowest BCUT2D eigenvalue weighted by molar-refractivity contribution is -0.122. The number of benzene rings is 1. The van der Waals surface area contributed by atoms with E-state index in [1.54, 1.807) is 18.2 Å². The molecule has 0 aromatic heterocycles. The molecule has 0 saturated heterocycles. The normalized spacial score (nSPS) is 13.3. The van der Waals surface area contributed by atoms with Crippen LogP contribution >= 0.6 is 34.8 Å². The third-order valence-corrected chi connectivity index (χ3v) is 3.06. The first-order valence-electron chi connectivity index (χ1n) is 5.12. The van der Waals surface area contributed by atoms with Crippen LogP contribution in [0.4, 0.5) is 0 Å². The van der Waals surface area contributed by atoms with Crippen molar-refractivity contribution in [2.24, 2.45) is 0 Å². The van der Waals surface area contributed by atoms with Gasteiger partial charge in [-0.15, -0.1) is 11.6 Å². The van der Waals surface area contributed by atoms with Crippen molar-refractivity contribution in [2.75, 3.05) is 0 Å². The molecule has 1 N–H and O–H groups in total. The summed E-state index contributed by atoms with van der Waals surface area (Å²) < 4.78 is 0. The van der Waals surface area contributed by atoms with Crippen molar-refractivity contribution < 1.29 is 4.79 Å². The fourth-order valence-electron chi connectivity index (χ4n) is 1.32. The summed E-state index contributed by atoms with van der Waals surface area (Å²) in [4.78, 5) is 11.9. The molecule has 0 aliphatic heterocycles. The van der Waals surface area contributed by atoms with Gasteiger partial charge in [-0.05, 0) is 32.9 Å². The monoisotopic (exact) mass is 293 g/mol. The summed E-state index contributed by atoms with van der Waals surface area (Å²) in [6.45, 7) is 5.63. The average molecular weight is 295 g/mol. The van der Waals surface area contributed by atoms with Crippen LogP contribution in [0.1, 0.15) is 31.7 Å². The lowest BCUT2D eigenvalue weighted by Crippen LogP contribution is -2.42. The molecule has 1 atom stereocenters. The molecule has 0 heterocycles. The zero-order chi connectivity index (χ0) is 13.2. The fourth-order valence-corrected chi connectivity index (χ4v) is 2.33. The van der Waals surface area contributed by atoms with E-state index in [2.05, 4.69) is 5.32 Å². The molecular formula is C12H14Cl3NO. The molecule has 1 amide bonds. The lowest BCUT2D eigenvalue weighted by Gasteiger charge is -2.23. The molecule has 1 aromatic rings. The Kier molecular flexibility index (Phi) is 4.70. The second-order valence-corrected chi connectivity index (χ2v) is 5.99. The Hall–Kier alpha value is -0.440. The largest absolute Gasteiger partial charge is 0.350 e. The SMILES string of the molecule is CC(C)(C)NC(=O)C(Cl)c1c(Cl)cccc1Cl. The quantitative estimate of drug-likeness (QED) is 0.814. The molecule has 5 heteroatoms. The topological polar surface area (TPSA) is 29.1 Å². The summed E-state index contributed by atoms with van der Waals surface area (Å²) in [5, 5.41) is 2.67. The van der Waals surface area contributed by atoms with Gasteiger partial charge in [-0.2, -0.15) is 0 Å². The zero-order valence-corrected chi connectivity index (χ0v) is 12.1. The second-order valence-electron chi connectivity index (χ2n) is 4.74. The van der Waals surface area contributed by atoms with Gasteiger partial charge >= 0.3 is 0 Å². The highest BCUT2D eigenvalue weighted by molar-refractivity contribution is 6.40. The third kappa shape index (κ3) is 4.06. The maximum atomic E-state index is 11.9. The van der Waals surface area contributed by atoms with Crippen LogP contribution in [0.25, 0.3) is 0 Å². The van der Waals surface area contributed by atoms with E-state index in [4.69, 9.17) is 34.8 Å². The van der Waals surface area contributed by atoms with Gasteiger partial charge in [0.1, 0.15) is 5.38 Å². The molecule has 0 radical (unpaired) electrons. The molecule has 2 nitrogen and oxygen atoms in total. The van der Waals surface area contributed by atoms with Crippen molar-refractivity contribution in [1.82, 2.24) is 5.32 Å². The van der Waals surface area contributed by atoms with Crippen molar-refractivity contribution in [3.05, 3.63) is 33.8 Å². The van der Waals surface area contributed by atoms with E-state index in [0.29, 0.717) is 15.6 Å². The number of hydrogen-bond acceptors (Lipinski definition) is 1. The predicted octanol–water partition coefficient (Wildman–Crippen LogP) is 4.19. The molecule has 94 valence electrons. The van der Waals surface area contributed by atoms with Crippen LogP contribution in [0.15, 0.2) is 18.2 Å². The molecule has 1 aromatic carbocycles. The molecule has 0 fully saturated rings. The Labute approximate surface area is 116 Å². The van der Waals surface area contributed by atoms with Gasteiger partial charge in [0.15, 0.2) is 0 Å². The van der Waals surface area contributed by atoms with Crippen molar-refractivity contribution in [2.45, 2.75) is 31.7 Å². The van der Waals surface area contributed by atoms with Gasteiger partial charge in [0, 0.05) is 21.1 Å². The number of amides is 1. The van der Waals surface area contributed by atoms with Crippen molar-refractivity contribution in [3.63, 3.8) is 0 Å². The molecule has 17 heavy (non-hydrogen) atoms. The first-order chi connectivity index (χ1) is 7.72. The number of carbonyl (C=O) groups excluding carboxylic acids is 1. The maximum Gasteiger partial charge on any atom is 0.243 e. The number of rotatable bonds is 2. The molecular weight excluding hydrogens is 280 g/mol. The van der Waals surface area contributed by atoms with E-state index in [1.807, 2.05) is 20.8 Å². The zero-order valence-electron chi connectivity index (χ0n) is 9.85. The number of alkyl halides is 1. The minimum absolute atomic E-state index is 0.311. The molecule has 0 spiro atoms. The Bertz CT molecular complexity index is 406. The van der Waals surface area contributed by atoms with E-state index in [-0.39, 0.29) is 11.4 Å². The predicted molar refractivity (Wildman–Crippen MR) is 73.0 cm³/mol. The lowest BCUT2D eigenvalue weighted by atomic mass is 10.1. The minimum atomic E-state index is -0.893. The highest BCUT2D eigenvalue weighted by Gasteiger charge is 2.25. The number of hydrogen-bond donors (Lipinski definition) is 1. The first kappa shape index (κ1) is 14.6. The molecule has 1 unspecified atom stereocenters. The average Bonchev–Trinajstić information content (AvgIpc) is 2.14. The van der Waals surface area contributed by atoms with Gasteiger partial charge in [0.05, 0.1) is 0 Å². The van der Waals surface area contributed by atoms with Crippen LogP contribution < -0.4 is 5.32 Å². The Balaban J connectivity index is 2.97. The van der Waals surface area contributed by atoms with Gasteiger partial charge in [0.25, 0.3) is 0 Å². The van der Waals surface area contributed by atoms with Crippen LogP contribution in [0.5, 0.6) is 0 Å².